The van der Waals surface area contributed by atoms with Crippen LogP contribution in [-0.4, -0.2) is 15.2 Å². The van der Waals surface area contributed by atoms with E-state index < -0.39 is 0 Å². The van der Waals surface area contributed by atoms with Gasteiger partial charge in [-0.15, -0.1) is 0 Å². The number of nitrogens with zero attached hydrogens (tertiary/aromatic N) is 2. The number of hydrogen-bond donors (Lipinski definition) is 1. The number of benzene rings is 1. The lowest BCUT2D eigenvalue weighted by Crippen LogP contribution is -1.86. The fourth-order valence-corrected chi connectivity index (χ4v) is 1.89. The summed E-state index contributed by atoms with van der Waals surface area (Å²) in [5.41, 5.74) is 4.28. The first-order valence-corrected chi connectivity index (χ1v) is 5.20. The molecule has 2 aromatic heterocycles. The first-order valence-electron chi connectivity index (χ1n) is 5.20. The molecule has 1 N–H and O–H groups in total. The third-order valence-electron chi connectivity index (χ3n) is 2.64. The zero-order chi connectivity index (χ0) is 11.0. The fourth-order valence-electron chi connectivity index (χ4n) is 1.89. The highest BCUT2D eigenvalue weighted by Gasteiger charge is 2.05. The summed E-state index contributed by atoms with van der Waals surface area (Å²) < 4.78 is 0. The standard InChI is InChI=1S/C13H11N3/c1-9-7-10-3-2-4-11(13(10)14-8-9)12-5-6-15-16-12/h2-8H,1H3,(H,15,16). The van der Waals surface area contributed by atoms with Crippen molar-refractivity contribution in [1.29, 1.82) is 0 Å². The van der Waals surface area contributed by atoms with E-state index >= 15 is 0 Å². The Morgan fingerprint density at radius 1 is 1.19 bits per heavy atom. The molecular formula is C13H11N3. The molecule has 3 nitrogen and oxygen atoms in total. The fraction of sp³-hybridized carbons (Fsp3) is 0.0769. The van der Waals surface area contributed by atoms with Crippen molar-refractivity contribution in [1.82, 2.24) is 15.2 Å². The number of nitrogens with one attached hydrogen (secondary N) is 1. The van der Waals surface area contributed by atoms with E-state index in [1.54, 1.807) is 6.20 Å². The van der Waals surface area contributed by atoms with Crippen LogP contribution in [0, 0.1) is 6.92 Å². The van der Waals surface area contributed by atoms with E-state index in [4.69, 9.17) is 0 Å². The Morgan fingerprint density at radius 2 is 2.12 bits per heavy atom. The third kappa shape index (κ3) is 1.37. The quantitative estimate of drug-likeness (QED) is 0.669. The number of H-pyrrole nitrogens is 1. The van der Waals surface area contributed by atoms with E-state index in [0.717, 1.165) is 22.2 Å². The lowest BCUT2D eigenvalue weighted by Gasteiger charge is -2.04. The molecular weight excluding hydrogens is 198 g/mol. The van der Waals surface area contributed by atoms with Gasteiger partial charge in [-0.1, -0.05) is 18.2 Å². The number of hydrogen-bond acceptors (Lipinski definition) is 2. The Bertz CT molecular complexity index is 627. The molecule has 0 fully saturated rings. The van der Waals surface area contributed by atoms with Crippen molar-refractivity contribution in [2.75, 3.05) is 0 Å². The van der Waals surface area contributed by atoms with E-state index in [9.17, 15) is 0 Å². The van der Waals surface area contributed by atoms with Gasteiger partial charge in [0.05, 0.1) is 11.2 Å². The van der Waals surface area contributed by atoms with Crippen LogP contribution in [0.5, 0.6) is 0 Å². The number of aromatic amines is 1. The van der Waals surface area contributed by atoms with Gasteiger partial charge in [0, 0.05) is 23.3 Å². The first-order chi connectivity index (χ1) is 7.84. The highest BCUT2D eigenvalue weighted by Crippen LogP contribution is 2.25. The second-order valence-electron chi connectivity index (χ2n) is 3.86. The Kier molecular flexibility index (Phi) is 1.96. The molecule has 0 spiro atoms. The molecule has 3 heteroatoms. The topological polar surface area (TPSA) is 41.6 Å². The largest absolute Gasteiger partial charge is 0.278 e. The predicted octanol–water partition coefficient (Wildman–Crippen LogP) is 2.93. The van der Waals surface area contributed by atoms with Gasteiger partial charge in [0.2, 0.25) is 0 Å². The van der Waals surface area contributed by atoms with Crippen LogP contribution in [0.1, 0.15) is 5.56 Å². The number of rotatable bonds is 1. The van der Waals surface area contributed by atoms with Crippen LogP contribution in [0.4, 0.5) is 0 Å². The molecule has 16 heavy (non-hydrogen) atoms. The SMILES string of the molecule is Cc1cnc2c(-c3ccn[nH]3)cccc2c1. The molecule has 1 aromatic carbocycles. The average Bonchev–Trinajstić information content (AvgIpc) is 2.81. The molecule has 0 radical (unpaired) electrons. The van der Waals surface area contributed by atoms with Crippen LogP contribution < -0.4 is 0 Å². The summed E-state index contributed by atoms with van der Waals surface area (Å²) in [6.45, 7) is 2.05. The van der Waals surface area contributed by atoms with Crippen LogP contribution in [0.15, 0.2) is 42.7 Å². The molecule has 0 amide bonds. The van der Waals surface area contributed by atoms with Gasteiger partial charge < -0.3 is 0 Å². The monoisotopic (exact) mass is 209 g/mol. The van der Waals surface area contributed by atoms with Crippen LogP contribution in [0.2, 0.25) is 0 Å². The second kappa shape index (κ2) is 3.45. The molecule has 0 atom stereocenters. The first kappa shape index (κ1) is 9.09. The van der Waals surface area contributed by atoms with E-state index in [1.165, 1.54) is 5.56 Å². The molecule has 2 heterocycles. The molecule has 0 bridgehead atoms. The van der Waals surface area contributed by atoms with Crippen molar-refractivity contribution in [3.8, 4) is 11.3 Å². The maximum atomic E-state index is 4.49. The summed E-state index contributed by atoms with van der Waals surface area (Å²) in [6.07, 6.45) is 3.64. The minimum atomic E-state index is 1.00. The van der Waals surface area contributed by atoms with Crippen LogP contribution in [0.25, 0.3) is 22.2 Å². The zero-order valence-corrected chi connectivity index (χ0v) is 8.94. The summed E-state index contributed by atoms with van der Waals surface area (Å²) >= 11 is 0. The van der Waals surface area contributed by atoms with Crippen LogP contribution in [0.3, 0.4) is 0 Å². The number of fused-ring (bicyclic) bond motifs is 1. The van der Waals surface area contributed by atoms with Gasteiger partial charge in [0.1, 0.15) is 0 Å². The van der Waals surface area contributed by atoms with Crippen molar-refractivity contribution in [3.63, 3.8) is 0 Å². The number of para-hydroxylation sites is 1. The van der Waals surface area contributed by atoms with Gasteiger partial charge in [0.15, 0.2) is 0 Å². The minimum absolute atomic E-state index is 1.00. The normalized spacial score (nSPS) is 10.8. The summed E-state index contributed by atoms with van der Waals surface area (Å²) in [4.78, 5) is 4.49. The molecule has 0 saturated carbocycles. The summed E-state index contributed by atoms with van der Waals surface area (Å²) in [7, 11) is 0. The van der Waals surface area contributed by atoms with E-state index in [2.05, 4.69) is 40.3 Å². The number of aryl methyl sites for hydroxylation is 1. The van der Waals surface area contributed by atoms with Crippen molar-refractivity contribution in [2.24, 2.45) is 0 Å². The number of pyridine rings is 1. The third-order valence-corrected chi connectivity index (χ3v) is 2.64. The molecule has 0 aliphatic rings. The maximum Gasteiger partial charge on any atom is 0.0795 e. The molecule has 0 saturated heterocycles. The maximum absolute atomic E-state index is 4.49. The molecule has 3 rings (SSSR count). The molecule has 0 aliphatic heterocycles. The molecule has 78 valence electrons. The Labute approximate surface area is 93.2 Å². The van der Waals surface area contributed by atoms with Crippen molar-refractivity contribution in [3.05, 3.63) is 48.3 Å². The van der Waals surface area contributed by atoms with Crippen molar-refractivity contribution >= 4 is 10.9 Å². The van der Waals surface area contributed by atoms with Crippen LogP contribution in [-0.2, 0) is 0 Å². The lowest BCUT2D eigenvalue weighted by molar-refractivity contribution is 1.10. The summed E-state index contributed by atoms with van der Waals surface area (Å²) in [6, 6.07) is 10.3. The van der Waals surface area contributed by atoms with Gasteiger partial charge in [-0.3, -0.25) is 10.1 Å². The summed E-state index contributed by atoms with van der Waals surface area (Å²) in [5.74, 6) is 0. The van der Waals surface area contributed by atoms with E-state index in [-0.39, 0.29) is 0 Å². The minimum Gasteiger partial charge on any atom is -0.278 e. The zero-order valence-electron chi connectivity index (χ0n) is 8.94. The number of aromatic nitrogens is 3. The average molecular weight is 209 g/mol. The van der Waals surface area contributed by atoms with Crippen molar-refractivity contribution in [2.45, 2.75) is 6.92 Å². The smallest absolute Gasteiger partial charge is 0.0795 e. The molecule has 0 unspecified atom stereocenters. The Morgan fingerprint density at radius 3 is 2.94 bits per heavy atom. The highest BCUT2D eigenvalue weighted by atomic mass is 15.1. The van der Waals surface area contributed by atoms with Gasteiger partial charge in [-0.2, -0.15) is 5.10 Å². The summed E-state index contributed by atoms with van der Waals surface area (Å²) in [5, 5.41) is 8.10. The van der Waals surface area contributed by atoms with Gasteiger partial charge in [-0.25, -0.2) is 0 Å². The Hall–Kier alpha value is -2.16. The second-order valence-corrected chi connectivity index (χ2v) is 3.86. The Balaban J connectivity index is 2.34. The predicted molar refractivity (Wildman–Crippen MR) is 64.1 cm³/mol. The lowest BCUT2D eigenvalue weighted by atomic mass is 10.1. The van der Waals surface area contributed by atoms with E-state index in [1.807, 2.05) is 18.3 Å². The van der Waals surface area contributed by atoms with E-state index in [0.29, 0.717) is 0 Å². The van der Waals surface area contributed by atoms with Gasteiger partial charge in [0.25, 0.3) is 0 Å². The highest BCUT2D eigenvalue weighted by molar-refractivity contribution is 5.92. The van der Waals surface area contributed by atoms with Crippen molar-refractivity contribution < 1.29 is 0 Å². The molecule has 3 aromatic rings. The van der Waals surface area contributed by atoms with Crippen LogP contribution >= 0.6 is 0 Å². The molecule has 0 aliphatic carbocycles. The van der Waals surface area contributed by atoms with Gasteiger partial charge in [-0.05, 0) is 24.6 Å². The van der Waals surface area contributed by atoms with Gasteiger partial charge >= 0.3 is 0 Å².